The van der Waals surface area contributed by atoms with Gasteiger partial charge in [-0.2, -0.15) is 4.98 Å². The molecule has 2 rings (SSSR count). The predicted octanol–water partition coefficient (Wildman–Crippen LogP) is -0.875. The molecule has 0 bridgehead atoms. The molecule has 1 aromatic rings. The lowest BCUT2D eigenvalue weighted by Gasteiger charge is -2.25. The van der Waals surface area contributed by atoms with Crippen LogP contribution >= 0.6 is 0 Å². The largest absolute Gasteiger partial charge is 0.393 e. The number of anilines is 1. The van der Waals surface area contributed by atoms with Gasteiger partial charge in [-0.15, -0.1) is 5.73 Å². The molecule has 0 aromatic carbocycles. The van der Waals surface area contributed by atoms with Crippen molar-refractivity contribution in [2.45, 2.75) is 24.1 Å². The Bertz CT molecular complexity index is 613. The Kier molecular flexibility index (Phi) is 3.74. The molecule has 0 radical (unpaired) electrons. The molecule has 1 aliphatic heterocycles. The maximum absolute atomic E-state index is 14.2. The van der Waals surface area contributed by atoms with Crippen LogP contribution in [0, 0.1) is 0 Å². The lowest BCUT2D eigenvalue weighted by Crippen LogP contribution is -2.43. The molecule has 2 heterocycles. The first-order valence-corrected chi connectivity index (χ1v) is 5.77. The lowest BCUT2D eigenvalue weighted by atomic mass is 9.97. The fraction of sp³-hybridized carbons (Fsp3) is 0.417. The molecule has 108 valence electrons. The summed E-state index contributed by atoms with van der Waals surface area (Å²) >= 11 is 0. The number of nitrogens with two attached hydrogens (primary N) is 1. The smallest absolute Gasteiger partial charge is 0.351 e. The number of ether oxygens (including phenoxy) is 1. The summed E-state index contributed by atoms with van der Waals surface area (Å²) < 4.78 is 20.4. The highest BCUT2D eigenvalue weighted by atomic mass is 19.1. The van der Waals surface area contributed by atoms with Crippen molar-refractivity contribution in [3.05, 3.63) is 41.1 Å². The molecular formula is C12H14FN3O4. The van der Waals surface area contributed by atoms with E-state index >= 15 is 0 Å². The van der Waals surface area contributed by atoms with Crippen molar-refractivity contribution >= 4 is 5.82 Å². The minimum atomic E-state index is -1.94. The molecule has 0 unspecified atom stereocenters. The molecule has 1 fully saturated rings. The summed E-state index contributed by atoms with van der Waals surface area (Å²) in [7, 11) is 0. The van der Waals surface area contributed by atoms with Gasteiger partial charge in [0.2, 0.25) is 0 Å². The van der Waals surface area contributed by atoms with Gasteiger partial charge in [0, 0.05) is 6.20 Å². The monoisotopic (exact) mass is 283 g/mol. The molecule has 0 saturated carbocycles. The van der Waals surface area contributed by atoms with Gasteiger partial charge in [0.15, 0.2) is 12.4 Å². The van der Waals surface area contributed by atoms with Crippen LogP contribution < -0.4 is 11.4 Å². The molecule has 1 aliphatic rings. The van der Waals surface area contributed by atoms with Crippen LogP contribution in [0.3, 0.4) is 0 Å². The third kappa shape index (κ3) is 2.14. The second-order valence-corrected chi connectivity index (χ2v) is 4.40. The molecule has 7 nitrogen and oxygen atoms in total. The van der Waals surface area contributed by atoms with E-state index in [1.807, 2.05) is 0 Å². The van der Waals surface area contributed by atoms with Crippen LogP contribution in [-0.2, 0) is 4.74 Å². The zero-order valence-corrected chi connectivity index (χ0v) is 10.4. The maximum Gasteiger partial charge on any atom is 0.351 e. The van der Waals surface area contributed by atoms with Crippen LogP contribution in [-0.4, -0.2) is 44.2 Å². The highest BCUT2D eigenvalue weighted by Crippen LogP contribution is 2.39. The third-order valence-corrected chi connectivity index (χ3v) is 3.13. The van der Waals surface area contributed by atoms with Crippen molar-refractivity contribution in [3.8, 4) is 0 Å². The van der Waals surface area contributed by atoms with Crippen molar-refractivity contribution < 1.29 is 19.3 Å². The number of aliphatic hydroxyl groups excluding tert-OH is 2. The second kappa shape index (κ2) is 5.18. The van der Waals surface area contributed by atoms with Crippen molar-refractivity contribution in [1.29, 1.82) is 0 Å². The molecule has 0 spiro atoms. The Labute approximate surface area is 113 Å². The number of aliphatic hydroxyl groups is 2. The molecular weight excluding hydrogens is 269 g/mol. The van der Waals surface area contributed by atoms with E-state index in [2.05, 4.69) is 17.3 Å². The molecule has 1 saturated heterocycles. The standard InChI is InChI=1S/C12H14FN3O4/c1-2-4-12(6-17)9(18)8(13)10(20-12)16-5-3-7(14)15-11(16)19/h3-5,8-10,17-18H,1,6H2,(H2,14,15,19)/t8-,9+,10-,12-/m1/s1. The normalized spacial score (nSPS) is 32.9. The molecule has 0 amide bonds. The van der Waals surface area contributed by atoms with Crippen molar-refractivity contribution in [2.75, 3.05) is 12.3 Å². The second-order valence-electron chi connectivity index (χ2n) is 4.40. The highest BCUT2D eigenvalue weighted by Gasteiger charge is 2.54. The summed E-state index contributed by atoms with van der Waals surface area (Å²) in [4.78, 5) is 15.1. The van der Waals surface area contributed by atoms with Gasteiger partial charge < -0.3 is 20.7 Å². The Hall–Kier alpha value is -1.99. The molecule has 8 heteroatoms. The maximum atomic E-state index is 14.2. The van der Waals surface area contributed by atoms with Crippen LogP contribution in [0.25, 0.3) is 0 Å². The fourth-order valence-corrected chi connectivity index (χ4v) is 2.08. The third-order valence-electron chi connectivity index (χ3n) is 3.13. The first-order valence-electron chi connectivity index (χ1n) is 5.77. The van der Waals surface area contributed by atoms with Gasteiger partial charge in [-0.1, -0.05) is 6.58 Å². The first-order chi connectivity index (χ1) is 9.45. The quantitative estimate of drug-likeness (QED) is 0.622. The first kappa shape index (κ1) is 14.4. The van der Waals surface area contributed by atoms with Crippen molar-refractivity contribution in [2.24, 2.45) is 0 Å². The minimum absolute atomic E-state index is 0.0142. The number of aromatic nitrogens is 2. The Balaban J connectivity index is 2.45. The number of hydrogen-bond donors (Lipinski definition) is 3. The van der Waals surface area contributed by atoms with Crippen molar-refractivity contribution in [3.63, 3.8) is 0 Å². The number of hydrogen-bond acceptors (Lipinski definition) is 6. The Morgan fingerprint density at radius 2 is 2.45 bits per heavy atom. The van der Waals surface area contributed by atoms with Gasteiger partial charge in [-0.25, -0.2) is 9.18 Å². The summed E-state index contributed by atoms with van der Waals surface area (Å²) in [6.45, 7) is 2.61. The lowest BCUT2D eigenvalue weighted by molar-refractivity contribution is -0.0982. The van der Waals surface area contributed by atoms with Gasteiger partial charge in [0.05, 0.1) is 6.61 Å². The summed E-state index contributed by atoms with van der Waals surface area (Å²) in [5, 5.41) is 19.2. The summed E-state index contributed by atoms with van der Waals surface area (Å²) in [5.41, 5.74) is 5.16. The van der Waals surface area contributed by atoms with E-state index < -0.39 is 36.4 Å². The molecule has 20 heavy (non-hydrogen) atoms. The number of alkyl halides is 1. The molecule has 1 aromatic heterocycles. The highest BCUT2D eigenvalue weighted by molar-refractivity contribution is 5.24. The van der Waals surface area contributed by atoms with Gasteiger partial charge in [-0.3, -0.25) is 4.57 Å². The molecule has 4 N–H and O–H groups in total. The van der Waals surface area contributed by atoms with E-state index in [1.165, 1.54) is 12.3 Å². The van der Waals surface area contributed by atoms with Crippen LogP contribution in [0.15, 0.2) is 35.4 Å². The van der Waals surface area contributed by atoms with E-state index in [1.54, 1.807) is 0 Å². The van der Waals surface area contributed by atoms with Crippen LogP contribution in [0.1, 0.15) is 6.23 Å². The fourth-order valence-electron chi connectivity index (χ4n) is 2.08. The Morgan fingerprint density at radius 3 is 3.00 bits per heavy atom. The van der Waals surface area contributed by atoms with Gasteiger partial charge >= 0.3 is 5.69 Å². The van der Waals surface area contributed by atoms with Gasteiger partial charge in [0.1, 0.15) is 17.5 Å². The number of nitrogens with zero attached hydrogens (tertiary/aromatic N) is 2. The summed E-state index contributed by atoms with van der Waals surface area (Å²) in [6.07, 6.45) is -2.70. The van der Waals surface area contributed by atoms with Gasteiger partial charge in [0.25, 0.3) is 0 Å². The van der Waals surface area contributed by atoms with E-state index in [-0.39, 0.29) is 5.82 Å². The van der Waals surface area contributed by atoms with E-state index in [9.17, 15) is 19.4 Å². The van der Waals surface area contributed by atoms with Gasteiger partial charge in [-0.05, 0) is 12.1 Å². The molecule has 4 atom stereocenters. The topological polar surface area (TPSA) is 111 Å². The zero-order chi connectivity index (χ0) is 14.9. The van der Waals surface area contributed by atoms with Crippen LogP contribution in [0.2, 0.25) is 0 Å². The number of rotatable bonds is 3. The van der Waals surface area contributed by atoms with E-state index in [0.29, 0.717) is 0 Å². The predicted molar refractivity (Wildman–Crippen MR) is 67.5 cm³/mol. The Morgan fingerprint density at radius 1 is 1.75 bits per heavy atom. The average Bonchev–Trinajstić information content (AvgIpc) is 2.65. The minimum Gasteiger partial charge on any atom is -0.393 e. The SMILES string of the molecule is C=C=C[C@]1(CO)O[C@@H](n2ccc(N)nc2=O)[C@H](F)[C@@H]1O. The summed E-state index contributed by atoms with van der Waals surface area (Å²) in [5.74, 6) is -0.0142. The van der Waals surface area contributed by atoms with Crippen LogP contribution in [0.4, 0.5) is 10.2 Å². The van der Waals surface area contributed by atoms with E-state index in [4.69, 9.17) is 10.5 Å². The van der Waals surface area contributed by atoms with E-state index in [0.717, 1.165) is 10.6 Å². The number of halogens is 1. The summed E-state index contributed by atoms with van der Waals surface area (Å²) in [6, 6.07) is 1.30. The van der Waals surface area contributed by atoms with Crippen molar-refractivity contribution in [1.82, 2.24) is 9.55 Å². The van der Waals surface area contributed by atoms with Crippen LogP contribution in [0.5, 0.6) is 0 Å². The molecule has 0 aliphatic carbocycles. The number of nitrogen functional groups attached to an aromatic ring is 1. The zero-order valence-electron chi connectivity index (χ0n) is 10.4. The average molecular weight is 283 g/mol.